The summed E-state index contributed by atoms with van der Waals surface area (Å²) < 4.78 is 26.4. The summed E-state index contributed by atoms with van der Waals surface area (Å²) in [4.78, 5) is 11.9. The van der Waals surface area contributed by atoms with Crippen molar-refractivity contribution in [3.63, 3.8) is 0 Å². The average Bonchev–Trinajstić information content (AvgIpc) is 2.95. The van der Waals surface area contributed by atoms with Crippen LogP contribution >= 0.6 is 0 Å². The zero-order valence-electron chi connectivity index (χ0n) is 13.5. The number of nitrogens with zero attached hydrogens (tertiary/aromatic N) is 2. The number of carbonyl (C=O) groups is 1. The molecule has 0 unspecified atom stereocenters. The molecule has 130 valence electrons. The molecule has 0 fully saturated rings. The van der Waals surface area contributed by atoms with E-state index in [1.165, 1.54) is 0 Å². The lowest BCUT2D eigenvalue weighted by Gasteiger charge is -2.16. The maximum absolute atomic E-state index is 13.0. The molecule has 0 aliphatic rings. The highest BCUT2D eigenvalue weighted by Crippen LogP contribution is 2.40. The van der Waals surface area contributed by atoms with Gasteiger partial charge in [-0.15, -0.1) is 0 Å². The van der Waals surface area contributed by atoms with Gasteiger partial charge in [-0.1, -0.05) is 6.07 Å². The van der Waals surface area contributed by atoms with Crippen LogP contribution in [0.25, 0.3) is 22.0 Å². The highest BCUT2D eigenvalue weighted by Gasteiger charge is 2.22. The SMILES string of the molecule is Cc1ccc(O)c(C)c1-c1cc2cn(C(F)F)nc2c(C(N)=O)c1N. The molecule has 25 heavy (non-hydrogen) atoms. The zero-order valence-corrected chi connectivity index (χ0v) is 13.5. The van der Waals surface area contributed by atoms with E-state index in [-0.39, 0.29) is 22.5 Å². The molecule has 1 aromatic heterocycles. The number of halogens is 2. The van der Waals surface area contributed by atoms with Gasteiger partial charge in [0.15, 0.2) is 0 Å². The highest BCUT2D eigenvalue weighted by molar-refractivity contribution is 6.13. The number of alkyl halides is 2. The van der Waals surface area contributed by atoms with Crippen LogP contribution in [0.1, 0.15) is 28.0 Å². The van der Waals surface area contributed by atoms with Crippen molar-refractivity contribution >= 4 is 22.5 Å². The van der Waals surface area contributed by atoms with Crippen molar-refractivity contribution < 1.29 is 18.7 Å². The van der Waals surface area contributed by atoms with Gasteiger partial charge in [-0.2, -0.15) is 13.9 Å². The van der Waals surface area contributed by atoms with Crippen LogP contribution in [0.15, 0.2) is 24.4 Å². The van der Waals surface area contributed by atoms with E-state index in [0.29, 0.717) is 26.8 Å². The Kier molecular flexibility index (Phi) is 3.82. The van der Waals surface area contributed by atoms with Crippen molar-refractivity contribution in [3.8, 4) is 16.9 Å². The number of rotatable bonds is 3. The second-order valence-corrected chi connectivity index (χ2v) is 5.80. The molecule has 2 aromatic carbocycles. The molecule has 0 radical (unpaired) electrons. The summed E-state index contributed by atoms with van der Waals surface area (Å²) in [6, 6.07) is 4.82. The van der Waals surface area contributed by atoms with Crippen LogP contribution in [-0.4, -0.2) is 20.8 Å². The zero-order chi connectivity index (χ0) is 18.5. The van der Waals surface area contributed by atoms with Gasteiger partial charge in [0.2, 0.25) is 0 Å². The summed E-state index contributed by atoms with van der Waals surface area (Å²) >= 11 is 0. The number of hydrogen-bond donors (Lipinski definition) is 3. The number of aromatic nitrogens is 2. The topological polar surface area (TPSA) is 107 Å². The third kappa shape index (κ3) is 2.55. The van der Waals surface area contributed by atoms with E-state index < -0.39 is 12.5 Å². The first-order chi connectivity index (χ1) is 11.7. The fraction of sp³-hybridized carbons (Fsp3) is 0.176. The van der Waals surface area contributed by atoms with Crippen LogP contribution in [0.4, 0.5) is 14.5 Å². The number of nitrogens with two attached hydrogens (primary N) is 2. The maximum Gasteiger partial charge on any atom is 0.333 e. The Hall–Kier alpha value is -3.16. The lowest BCUT2D eigenvalue weighted by atomic mass is 9.91. The molecule has 0 atom stereocenters. The van der Waals surface area contributed by atoms with Gasteiger partial charge in [-0.25, -0.2) is 4.68 Å². The van der Waals surface area contributed by atoms with Gasteiger partial charge < -0.3 is 16.6 Å². The molecular weight excluding hydrogens is 330 g/mol. The van der Waals surface area contributed by atoms with Crippen LogP contribution in [-0.2, 0) is 0 Å². The molecule has 8 heteroatoms. The first-order valence-electron chi connectivity index (χ1n) is 7.41. The Morgan fingerprint density at radius 3 is 2.60 bits per heavy atom. The number of aromatic hydroxyl groups is 1. The van der Waals surface area contributed by atoms with Crippen molar-refractivity contribution in [2.24, 2.45) is 5.73 Å². The minimum Gasteiger partial charge on any atom is -0.508 e. The van der Waals surface area contributed by atoms with Crippen LogP contribution < -0.4 is 11.5 Å². The van der Waals surface area contributed by atoms with Gasteiger partial charge in [0.1, 0.15) is 11.3 Å². The fourth-order valence-electron chi connectivity index (χ4n) is 3.01. The Balaban J connectivity index is 2.43. The number of amides is 1. The number of phenolic OH excluding ortho intramolecular Hbond substituents is 1. The molecule has 1 amide bonds. The Bertz CT molecular complexity index is 1010. The van der Waals surface area contributed by atoms with E-state index >= 15 is 0 Å². The molecule has 0 aliphatic carbocycles. The van der Waals surface area contributed by atoms with Gasteiger partial charge in [0, 0.05) is 17.1 Å². The van der Waals surface area contributed by atoms with Crippen LogP contribution in [0, 0.1) is 13.8 Å². The largest absolute Gasteiger partial charge is 0.508 e. The summed E-state index contributed by atoms with van der Waals surface area (Å²) in [6.45, 7) is 0.660. The van der Waals surface area contributed by atoms with Crippen molar-refractivity contribution in [3.05, 3.63) is 41.1 Å². The fourth-order valence-corrected chi connectivity index (χ4v) is 3.01. The van der Waals surface area contributed by atoms with Gasteiger partial charge in [-0.05, 0) is 42.7 Å². The summed E-state index contributed by atoms with van der Waals surface area (Å²) in [5.74, 6) is -0.802. The number of benzene rings is 2. The van der Waals surface area contributed by atoms with Gasteiger partial charge in [-0.3, -0.25) is 4.79 Å². The maximum atomic E-state index is 13.0. The van der Waals surface area contributed by atoms with Crippen molar-refractivity contribution in [2.45, 2.75) is 20.4 Å². The molecule has 0 saturated carbocycles. The quantitative estimate of drug-likeness (QED) is 0.633. The van der Waals surface area contributed by atoms with Crippen molar-refractivity contribution in [1.82, 2.24) is 9.78 Å². The molecule has 3 aromatic rings. The molecule has 6 nitrogen and oxygen atoms in total. The first kappa shape index (κ1) is 16.7. The van der Waals surface area contributed by atoms with E-state index in [1.807, 2.05) is 6.92 Å². The summed E-state index contributed by atoms with van der Waals surface area (Å²) in [6.07, 6.45) is 1.13. The Morgan fingerprint density at radius 1 is 1.32 bits per heavy atom. The molecular formula is C17H16F2N4O2. The number of aryl methyl sites for hydroxylation is 1. The first-order valence-corrected chi connectivity index (χ1v) is 7.41. The molecule has 3 rings (SSSR count). The van der Waals surface area contributed by atoms with Gasteiger partial charge in [0.05, 0.1) is 11.3 Å². The van der Waals surface area contributed by atoms with Gasteiger partial charge >= 0.3 is 6.55 Å². The second kappa shape index (κ2) is 5.73. The summed E-state index contributed by atoms with van der Waals surface area (Å²) in [7, 11) is 0. The third-order valence-electron chi connectivity index (χ3n) is 4.22. The summed E-state index contributed by atoms with van der Waals surface area (Å²) in [5, 5.41) is 14.0. The lowest BCUT2D eigenvalue weighted by molar-refractivity contribution is 0.0573. The van der Waals surface area contributed by atoms with Crippen molar-refractivity contribution in [2.75, 3.05) is 5.73 Å². The lowest BCUT2D eigenvalue weighted by Crippen LogP contribution is -2.15. The minimum absolute atomic E-state index is 0.0181. The third-order valence-corrected chi connectivity index (χ3v) is 4.22. The van der Waals surface area contributed by atoms with Crippen molar-refractivity contribution in [1.29, 1.82) is 0 Å². The normalized spacial score (nSPS) is 11.4. The minimum atomic E-state index is -2.86. The Morgan fingerprint density at radius 2 is 2.00 bits per heavy atom. The number of hydrogen-bond acceptors (Lipinski definition) is 4. The predicted octanol–water partition coefficient (Wildman–Crippen LogP) is 3.10. The van der Waals surface area contributed by atoms with Crippen LogP contribution in [0.2, 0.25) is 0 Å². The highest BCUT2D eigenvalue weighted by atomic mass is 19.3. The van der Waals surface area contributed by atoms with E-state index in [1.54, 1.807) is 25.1 Å². The smallest absolute Gasteiger partial charge is 0.333 e. The molecule has 0 spiro atoms. The second-order valence-electron chi connectivity index (χ2n) is 5.80. The monoisotopic (exact) mass is 346 g/mol. The molecule has 0 aliphatic heterocycles. The standard InChI is InChI=1S/C17H16F2N4O2/c1-7-3-4-11(24)8(2)12(7)10-5-9-6-23(17(18)19)22-15(9)13(14(10)20)16(21)25/h3-6,17,24H,20H2,1-2H3,(H2,21,25). The molecule has 1 heterocycles. The molecule has 5 N–H and O–H groups in total. The van der Waals surface area contributed by atoms with Gasteiger partial charge in [0.25, 0.3) is 5.91 Å². The van der Waals surface area contributed by atoms with E-state index in [2.05, 4.69) is 5.10 Å². The Labute approximate surface area is 141 Å². The number of carbonyl (C=O) groups excluding carboxylic acids is 1. The summed E-state index contributed by atoms with van der Waals surface area (Å²) in [5.41, 5.74) is 13.9. The van der Waals surface area contributed by atoms with Crippen LogP contribution in [0.5, 0.6) is 5.75 Å². The van der Waals surface area contributed by atoms with E-state index in [0.717, 1.165) is 11.8 Å². The predicted molar refractivity (Wildman–Crippen MR) is 90.5 cm³/mol. The average molecular weight is 346 g/mol. The number of nitrogen functional groups attached to an aromatic ring is 1. The molecule has 0 saturated heterocycles. The molecule has 0 bridgehead atoms. The number of anilines is 1. The van der Waals surface area contributed by atoms with Crippen LogP contribution in [0.3, 0.4) is 0 Å². The van der Waals surface area contributed by atoms with E-state index in [9.17, 15) is 18.7 Å². The van der Waals surface area contributed by atoms with E-state index in [4.69, 9.17) is 11.5 Å². The number of primary amides is 1. The number of fused-ring (bicyclic) bond motifs is 1. The number of phenols is 1.